The summed E-state index contributed by atoms with van der Waals surface area (Å²) in [5.74, 6) is -3.74. The summed E-state index contributed by atoms with van der Waals surface area (Å²) in [4.78, 5) is 37.1. The van der Waals surface area contributed by atoms with Crippen LogP contribution in [-0.2, 0) is 19.1 Å². The van der Waals surface area contributed by atoms with Gasteiger partial charge < -0.3 is 25.1 Å². The molecule has 0 aliphatic heterocycles. The molecule has 4 unspecified atom stereocenters. The van der Waals surface area contributed by atoms with Crippen LogP contribution in [0.3, 0.4) is 0 Å². The second-order valence-electron chi connectivity index (χ2n) is 7.37. The lowest BCUT2D eigenvalue weighted by atomic mass is 9.61. The van der Waals surface area contributed by atoms with Crippen LogP contribution in [-0.4, -0.2) is 54.7 Å². The van der Waals surface area contributed by atoms with Crippen LogP contribution in [0.15, 0.2) is 29.4 Å². The number of carbonyl (C=O) groups excluding carboxylic acids is 3. The molecule has 0 radical (unpaired) electrons. The van der Waals surface area contributed by atoms with Crippen LogP contribution >= 0.6 is 0 Å². The minimum atomic E-state index is -1.63. The molecule has 0 heterocycles. The number of hydrazone groups is 1. The second kappa shape index (κ2) is 10.3. The summed E-state index contributed by atoms with van der Waals surface area (Å²) in [7, 11) is 1.52. The smallest absolute Gasteiger partial charge is 0.332 e. The fraction of sp³-hybridized carbons (Fsp3) is 0.524. The van der Waals surface area contributed by atoms with E-state index in [2.05, 4.69) is 10.5 Å². The summed E-state index contributed by atoms with van der Waals surface area (Å²) >= 11 is 0. The Balaban J connectivity index is 2.69. The van der Waals surface area contributed by atoms with Crippen LogP contribution in [0.1, 0.15) is 38.7 Å². The van der Waals surface area contributed by atoms with E-state index >= 15 is 0 Å². The molecule has 2 rings (SSSR count). The first-order valence-corrected chi connectivity index (χ1v) is 9.97. The number of methoxy groups -OCH3 is 1. The third-order valence-electron chi connectivity index (χ3n) is 5.18. The number of primary amides is 1. The third kappa shape index (κ3) is 5.52. The van der Waals surface area contributed by atoms with E-state index in [-0.39, 0.29) is 25.3 Å². The second-order valence-corrected chi connectivity index (χ2v) is 7.37. The van der Waals surface area contributed by atoms with Crippen LogP contribution < -0.4 is 15.9 Å². The molecule has 1 fully saturated rings. The van der Waals surface area contributed by atoms with Gasteiger partial charge in [0.15, 0.2) is 0 Å². The molecule has 0 spiro atoms. The molecule has 2 amide bonds. The lowest BCUT2D eigenvalue weighted by Crippen LogP contribution is -2.55. The topological polar surface area (TPSA) is 150 Å². The van der Waals surface area contributed by atoms with Crippen molar-refractivity contribution in [2.75, 3.05) is 20.3 Å². The Kier molecular flexibility index (Phi) is 7.98. The molecule has 0 aromatic heterocycles. The standard InChI is InChI=1S/C21H29N3O7/c1-5-30-18(25)16-14(23-24-20(22)27)11-21(3,28)17(19(26)31-6-2)15(16)12-7-9-13(29-4)10-8-12/h7-10,15-17,28H,5-6,11H2,1-4H3,(H3,22,24,27). The third-order valence-corrected chi connectivity index (χ3v) is 5.18. The zero-order chi connectivity index (χ0) is 23.2. The fourth-order valence-corrected chi connectivity index (χ4v) is 3.97. The van der Waals surface area contributed by atoms with Crippen LogP contribution in [0, 0.1) is 11.8 Å². The molecule has 31 heavy (non-hydrogen) atoms. The minimum Gasteiger partial charge on any atom is -0.497 e. The first-order chi connectivity index (χ1) is 14.7. The fourth-order valence-electron chi connectivity index (χ4n) is 3.97. The lowest BCUT2D eigenvalue weighted by molar-refractivity contribution is -0.163. The highest BCUT2D eigenvalue weighted by Gasteiger charge is 2.56. The normalized spacial score (nSPS) is 26.7. The lowest BCUT2D eigenvalue weighted by Gasteiger charge is -2.45. The number of hydrogen-bond donors (Lipinski definition) is 3. The highest BCUT2D eigenvalue weighted by atomic mass is 16.5. The van der Waals surface area contributed by atoms with Gasteiger partial charge in [-0.2, -0.15) is 5.10 Å². The number of amides is 2. The van der Waals surface area contributed by atoms with Crippen molar-refractivity contribution in [3.05, 3.63) is 29.8 Å². The maximum absolute atomic E-state index is 13.0. The molecule has 1 aromatic rings. The van der Waals surface area contributed by atoms with Gasteiger partial charge in [0.1, 0.15) is 11.7 Å². The van der Waals surface area contributed by atoms with E-state index < -0.39 is 41.3 Å². The van der Waals surface area contributed by atoms with Crippen LogP contribution in [0.2, 0.25) is 0 Å². The number of nitrogens with one attached hydrogen (secondary N) is 1. The van der Waals surface area contributed by atoms with Gasteiger partial charge in [-0.15, -0.1) is 0 Å². The van der Waals surface area contributed by atoms with Gasteiger partial charge in [0.2, 0.25) is 0 Å². The van der Waals surface area contributed by atoms with Crippen molar-refractivity contribution in [2.45, 2.75) is 38.7 Å². The van der Waals surface area contributed by atoms with Crippen molar-refractivity contribution in [3.63, 3.8) is 0 Å². The summed E-state index contributed by atoms with van der Waals surface area (Å²) in [6.45, 7) is 4.98. The average molecular weight is 435 g/mol. The average Bonchev–Trinajstić information content (AvgIpc) is 2.71. The number of carbonyl (C=O) groups is 3. The molecule has 10 heteroatoms. The van der Waals surface area contributed by atoms with E-state index in [9.17, 15) is 19.5 Å². The van der Waals surface area contributed by atoms with Gasteiger partial charge in [-0.1, -0.05) is 12.1 Å². The Bertz CT molecular complexity index is 836. The van der Waals surface area contributed by atoms with E-state index in [1.54, 1.807) is 38.1 Å². The van der Waals surface area contributed by atoms with Crippen LogP contribution in [0.5, 0.6) is 5.75 Å². The summed E-state index contributed by atoms with van der Waals surface area (Å²) in [5, 5.41) is 15.2. The molecular formula is C21H29N3O7. The zero-order valence-corrected chi connectivity index (χ0v) is 18.1. The van der Waals surface area contributed by atoms with Crippen LogP contribution in [0.4, 0.5) is 4.79 Å². The number of nitrogens with zero attached hydrogens (tertiary/aromatic N) is 1. The molecule has 1 aromatic carbocycles. The van der Waals surface area contributed by atoms with Gasteiger partial charge in [-0.05, 0) is 38.5 Å². The minimum absolute atomic E-state index is 0.0989. The number of benzene rings is 1. The molecule has 0 saturated heterocycles. The Hall–Kier alpha value is -3.14. The number of hydrogen-bond acceptors (Lipinski definition) is 8. The van der Waals surface area contributed by atoms with Gasteiger partial charge in [0.05, 0.1) is 37.6 Å². The quantitative estimate of drug-likeness (QED) is 0.432. The first-order valence-electron chi connectivity index (χ1n) is 9.97. The van der Waals surface area contributed by atoms with Gasteiger partial charge in [0.25, 0.3) is 0 Å². The van der Waals surface area contributed by atoms with E-state index in [4.69, 9.17) is 19.9 Å². The molecule has 170 valence electrons. The monoisotopic (exact) mass is 435 g/mol. The summed E-state index contributed by atoms with van der Waals surface area (Å²) in [5.41, 5.74) is 6.33. The van der Waals surface area contributed by atoms with E-state index in [1.807, 2.05) is 0 Å². The van der Waals surface area contributed by atoms with Crippen molar-refractivity contribution in [1.82, 2.24) is 5.43 Å². The van der Waals surface area contributed by atoms with Gasteiger partial charge in [-0.3, -0.25) is 9.59 Å². The van der Waals surface area contributed by atoms with Crippen molar-refractivity contribution in [1.29, 1.82) is 0 Å². The number of nitrogens with two attached hydrogens (primary N) is 1. The predicted octanol–water partition coefficient (Wildman–Crippen LogP) is 1.32. The van der Waals surface area contributed by atoms with Gasteiger partial charge in [0, 0.05) is 12.3 Å². The largest absolute Gasteiger partial charge is 0.497 e. The molecule has 1 aliphatic carbocycles. The van der Waals surface area contributed by atoms with Crippen LogP contribution in [0.25, 0.3) is 0 Å². The van der Waals surface area contributed by atoms with Crippen molar-refractivity contribution in [2.24, 2.45) is 22.7 Å². The van der Waals surface area contributed by atoms with Crippen molar-refractivity contribution < 1.29 is 33.7 Å². The van der Waals surface area contributed by atoms with Crippen molar-refractivity contribution in [3.8, 4) is 5.75 Å². The number of aliphatic hydroxyl groups is 1. The Morgan fingerprint density at radius 2 is 1.74 bits per heavy atom. The Morgan fingerprint density at radius 1 is 1.16 bits per heavy atom. The summed E-state index contributed by atoms with van der Waals surface area (Å²) < 4.78 is 15.7. The summed E-state index contributed by atoms with van der Waals surface area (Å²) in [6, 6.07) is 5.83. The molecule has 10 nitrogen and oxygen atoms in total. The maximum Gasteiger partial charge on any atom is 0.332 e. The molecule has 4 atom stereocenters. The Labute approximate surface area is 180 Å². The molecule has 1 aliphatic rings. The van der Waals surface area contributed by atoms with E-state index in [1.165, 1.54) is 14.0 Å². The molecule has 1 saturated carbocycles. The van der Waals surface area contributed by atoms with Crippen molar-refractivity contribution >= 4 is 23.7 Å². The number of esters is 2. The first kappa shape index (κ1) is 24.1. The SMILES string of the molecule is CCOC(=O)C1C(=NNC(N)=O)CC(C)(O)C(C(=O)OCC)C1c1ccc(OC)cc1. The summed E-state index contributed by atoms with van der Waals surface area (Å²) in [6.07, 6.45) is -0.174. The van der Waals surface area contributed by atoms with E-state index in [0.717, 1.165) is 0 Å². The van der Waals surface area contributed by atoms with Gasteiger partial charge in [-0.25, -0.2) is 10.2 Å². The van der Waals surface area contributed by atoms with E-state index in [0.29, 0.717) is 11.3 Å². The highest BCUT2D eigenvalue weighted by Crippen LogP contribution is 2.47. The molecular weight excluding hydrogens is 406 g/mol. The highest BCUT2D eigenvalue weighted by molar-refractivity contribution is 6.06. The number of urea groups is 1. The maximum atomic E-state index is 13.0. The molecule has 4 N–H and O–H groups in total. The predicted molar refractivity (Wildman–Crippen MR) is 111 cm³/mol. The number of rotatable bonds is 7. The number of ether oxygens (including phenoxy) is 3. The molecule has 0 bridgehead atoms. The zero-order valence-electron chi connectivity index (χ0n) is 18.1. The Morgan fingerprint density at radius 3 is 2.26 bits per heavy atom. The van der Waals surface area contributed by atoms with Gasteiger partial charge >= 0.3 is 18.0 Å².